The summed E-state index contributed by atoms with van der Waals surface area (Å²) in [6.45, 7) is 0.618. The quantitative estimate of drug-likeness (QED) is 0.764. The summed E-state index contributed by atoms with van der Waals surface area (Å²) in [5, 5.41) is 2.84. The molecule has 0 spiro atoms. The van der Waals surface area contributed by atoms with Gasteiger partial charge in [0.05, 0.1) is 5.56 Å². The van der Waals surface area contributed by atoms with E-state index in [1.165, 1.54) is 25.0 Å². The molecule has 104 valence electrons. The van der Waals surface area contributed by atoms with Crippen LogP contribution in [0.1, 0.15) is 36.0 Å². The highest BCUT2D eigenvalue weighted by Gasteiger charge is 2.21. The molecule has 1 aliphatic carbocycles. The third kappa shape index (κ3) is 4.28. The van der Waals surface area contributed by atoms with Gasteiger partial charge in [-0.2, -0.15) is 0 Å². The molecule has 1 saturated carbocycles. The highest BCUT2D eigenvalue weighted by molar-refractivity contribution is 9.10. The largest absolute Gasteiger partial charge is 0.352 e. The van der Waals surface area contributed by atoms with Crippen LogP contribution in [0.25, 0.3) is 0 Å². The molecule has 0 aliphatic heterocycles. The fraction of sp³-hybridized carbons (Fsp3) is 0.500. The topological polar surface area (TPSA) is 29.1 Å². The van der Waals surface area contributed by atoms with Crippen molar-refractivity contribution in [2.24, 2.45) is 5.92 Å². The molecule has 1 fully saturated rings. The molecule has 0 radical (unpaired) electrons. The Morgan fingerprint density at radius 1 is 1.42 bits per heavy atom. The zero-order chi connectivity index (χ0) is 13.8. The zero-order valence-corrected chi connectivity index (χ0v) is 13.6. The van der Waals surface area contributed by atoms with Gasteiger partial charge in [-0.15, -0.1) is 0 Å². The van der Waals surface area contributed by atoms with Crippen molar-refractivity contribution in [2.75, 3.05) is 6.54 Å². The van der Waals surface area contributed by atoms with Crippen molar-refractivity contribution in [2.45, 2.75) is 30.5 Å². The van der Waals surface area contributed by atoms with E-state index in [2.05, 4.69) is 37.2 Å². The predicted octanol–water partition coefficient (Wildman–Crippen LogP) is 4.27. The van der Waals surface area contributed by atoms with E-state index in [1.54, 1.807) is 6.07 Å². The lowest BCUT2D eigenvalue weighted by Crippen LogP contribution is -2.32. The normalized spacial score (nSPS) is 23.1. The molecular formula is C14H16Br2FNO. The first kappa shape index (κ1) is 15.0. The Morgan fingerprint density at radius 2 is 2.21 bits per heavy atom. The maximum Gasteiger partial charge on any atom is 0.254 e. The van der Waals surface area contributed by atoms with E-state index in [0.29, 0.717) is 21.8 Å². The molecule has 0 heterocycles. The Labute approximate surface area is 129 Å². The summed E-state index contributed by atoms with van der Waals surface area (Å²) in [6.07, 6.45) is 4.58. The smallest absolute Gasteiger partial charge is 0.254 e. The maximum atomic E-state index is 13.6. The van der Waals surface area contributed by atoms with Crippen LogP contribution in [0, 0.1) is 11.7 Å². The molecule has 2 unspecified atom stereocenters. The van der Waals surface area contributed by atoms with E-state index in [0.717, 1.165) is 12.8 Å². The lowest BCUT2D eigenvalue weighted by atomic mass is 9.89. The van der Waals surface area contributed by atoms with E-state index in [9.17, 15) is 9.18 Å². The van der Waals surface area contributed by atoms with E-state index < -0.39 is 5.82 Å². The maximum absolute atomic E-state index is 13.6. The minimum Gasteiger partial charge on any atom is -0.352 e. The van der Waals surface area contributed by atoms with Crippen molar-refractivity contribution in [1.82, 2.24) is 5.32 Å². The first-order valence-corrected chi connectivity index (χ1v) is 8.14. The lowest BCUT2D eigenvalue weighted by Gasteiger charge is -2.25. The number of carbonyl (C=O) groups is 1. The molecule has 0 aromatic heterocycles. The third-order valence-corrected chi connectivity index (χ3v) is 4.77. The van der Waals surface area contributed by atoms with E-state index in [4.69, 9.17) is 0 Å². The molecule has 5 heteroatoms. The predicted molar refractivity (Wildman–Crippen MR) is 81.1 cm³/mol. The van der Waals surface area contributed by atoms with Crippen LogP contribution in [-0.2, 0) is 0 Å². The van der Waals surface area contributed by atoms with Gasteiger partial charge in [-0.25, -0.2) is 4.39 Å². The summed E-state index contributed by atoms with van der Waals surface area (Å²) in [5.74, 6) is -0.338. The van der Waals surface area contributed by atoms with Gasteiger partial charge < -0.3 is 5.32 Å². The molecule has 2 atom stereocenters. The average molecular weight is 393 g/mol. The van der Waals surface area contributed by atoms with E-state index in [-0.39, 0.29) is 11.5 Å². The molecule has 1 aromatic rings. The minimum atomic E-state index is -0.484. The Hall–Kier alpha value is -0.420. The van der Waals surface area contributed by atoms with Crippen LogP contribution in [0.4, 0.5) is 4.39 Å². The lowest BCUT2D eigenvalue weighted by molar-refractivity contribution is 0.0940. The third-order valence-electron chi connectivity index (χ3n) is 3.44. The van der Waals surface area contributed by atoms with Gasteiger partial charge in [0.15, 0.2) is 0 Å². The summed E-state index contributed by atoms with van der Waals surface area (Å²) >= 11 is 6.87. The van der Waals surface area contributed by atoms with Crippen molar-refractivity contribution in [3.8, 4) is 0 Å². The molecule has 19 heavy (non-hydrogen) atoms. The summed E-state index contributed by atoms with van der Waals surface area (Å²) < 4.78 is 14.3. The molecule has 0 saturated heterocycles. The molecule has 2 nitrogen and oxygen atoms in total. The first-order valence-electron chi connectivity index (χ1n) is 6.43. The van der Waals surface area contributed by atoms with Crippen molar-refractivity contribution in [3.05, 3.63) is 34.1 Å². The number of benzene rings is 1. The summed E-state index contributed by atoms with van der Waals surface area (Å²) in [4.78, 5) is 12.5. The second-order valence-electron chi connectivity index (χ2n) is 4.96. The number of alkyl halides is 1. The Balaban J connectivity index is 1.92. The number of nitrogens with one attached hydrogen (secondary N) is 1. The number of carbonyl (C=O) groups excluding carboxylic acids is 1. The number of hydrogen-bond donors (Lipinski definition) is 1. The molecule has 1 aromatic carbocycles. The van der Waals surface area contributed by atoms with Crippen LogP contribution in [0.3, 0.4) is 0 Å². The number of halogens is 3. The highest BCUT2D eigenvalue weighted by atomic mass is 79.9. The first-order chi connectivity index (χ1) is 9.06. The average Bonchev–Trinajstić information content (AvgIpc) is 2.39. The van der Waals surface area contributed by atoms with Gasteiger partial charge in [-0.1, -0.05) is 38.3 Å². The van der Waals surface area contributed by atoms with Crippen LogP contribution < -0.4 is 5.32 Å². The number of rotatable bonds is 3. The minimum absolute atomic E-state index is 0.0978. The number of amides is 1. The number of hydrogen-bond acceptors (Lipinski definition) is 1. The Bertz CT molecular complexity index is 467. The molecule has 0 bridgehead atoms. The van der Waals surface area contributed by atoms with Crippen LogP contribution in [0.15, 0.2) is 22.7 Å². The van der Waals surface area contributed by atoms with Gasteiger partial charge >= 0.3 is 0 Å². The zero-order valence-electron chi connectivity index (χ0n) is 10.5. The highest BCUT2D eigenvalue weighted by Crippen LogP contribution is 2.28. The van der Waals surface area contributed by atoms with Crippen LogP contribution in [0.5, 0.6) is 0 Å². The summed E-state index contributed by atoms with van der Waals surface area (Å²) in [5.41, 5.74) is 0.0978. The molecule has 1 aliphatic rings. The molecule has 1 N–H and O–H groups in total. The van der Waals surface area contributed by atoms with E-state index >= 15 is 0 Å². The van der Waals surface area contributed by atoms with Gasteiger partial charge in [0, 0.05) is 15.8 Å². The van der Waals surface area contributed by atoms with Gasteiger partial charge in [0.1, 0.15) is 5.82 Å². The van der Waals surface area contributed by atoms with Gasteiger partial charge in [0.2, 0.25) is 0 Å². The standard InChI is InChI=1S/C14H16Br2FNO/c15-10-3-1-2-9(6-10)8-18-14(19)12-7-11(16)4-5-13(12)17/h4-5,7,9-10H,1-3,6,8H2,(H,18,19). The second-order valence-corrected chi connectivity index (χ2v) is 7.17. The molecular weight excluding hydrogens is 377 g/mol. The van der Waals surface area contributed by atoms with Gasteiger partial charge in [-0.3, -0.25) is 4.79 Å². The van der Waals surface area contributed by atoms with Crippen molar-refractivity contribution in [3.63, 3.8) is 0 Å². The van der Waals surface area contributed by atoms with Crippen LogP contribution in [0.2, 0.25) is 0 Å². The molecule has 2 rings (SSSR count). The molecule has 1 amide bonds. The SMILES string of the molecule is O=C(NCC1CCCC(Br)C1)c1cc(Br)ccc1F. The fourth-order valence-corrected chi connectivity index (χ4v) is 3.63. The van der Waals surface area contributed by atoms with Crippen molar-refractivity contribution >= 4 is 37.8 Å². The van der Waals surface area contributed by atoms with Crippen LogP contribution in [-0.4, -0.2) is 17.3 Å². The van der Waals surface area contributed by atoms with E-state index in [1.807, 2.05) is 0 Å². The summed E-state index contributed by atoms with van der Waals surface area (Å²) in [7, 11) is 0. The second kappa shape index (κ2) is 6.84. The summed E-state index contributed by atoms with van der Waals surface area (Å²) in [6, 6.07) is 4.40. The van der Waals surface area contributed by atoms with Crippen molar-refractivity contribution < 1.29 is 9.18 Å². The van der Waals surface area contributed by atoms with Gasteiger partial charge in [0.25, 0.3) is 5.91 Å². The van der Waals surface area contributed by atoms with Crippen LogP contribution >= 0.6 is 31.9 Å². The van der Waals surface area contributed by atoms with Gasteiger partial charge in [-0.05, 0) is 43.4 Å². The Kier molecular flexibility index (Phi) is 5.39. The fourth-order valence-electron chi connectivity index (χ4n) is 2.41. The monoisotopic (exact) mass is 391 g/mol. The Morgan fingerprint density at radius 3 is 2.95 bits per heavy atom. The van der Waals surface area contributed by atoms with Crippen molar-refractivity contribution in [1.29, 1.82) is 0 Å².